The molecule has 0 aromatic heterocycles. The fourth-order valence-corrected chi connectivity index (χ4v) is 3.46. The van der Waals surface area contributed by atoms with E-state index in [0.29, 0.717) is 6.42 Å². The molecule has 186 valence electrons. The van der Waals surface area contributed by atoms with Gasteiger partial charge < -0.3 is 19.7 Å². The first-order valence-corrected chi connectivity index (χ1v) is 11.5. The molecule has 1 rings (SSSR count). The maximum Gasteiger partial charge on any atom is 0.331 e. The molecule has 0 saturated heterocycles. The van der Waals surface area contributed by atoms with Gasteiger partial charge in [0.15, 0.2) is 11.9 Å². The summed E-state index contributed by atoms with van der Waals surface area (Å²) in [5.41, 5.74) is -1.25. The minimum atomic E-state index is -1.62. The van der Waals surface area contributed by atoms with Gasteiger partial charge >= 0.3 is 5.97 Å². The summed E-state index contributed by atoms with van der Waals surface area (Å²) in [5.74, 6) is -0.680. The Bertz CT molecular complexity index is 810. The van der Waals surface area contributed by atoms with E-state index in [1.165, 1.54) is 25.2 Å². The van der Waals surface area contributed by atoms with E-state index in [2.05, 4.69) is 27.7 Å². The summed E-state index contributed by atoms with van der Waals surface area (Å²) < 4.78 is 11.2. The summed E-state index contributed by atoms with van der Waals surface area (Å²) >= 11 is 0. The topological polar surface area (TPSA) is 93.1 Å². The maximum atomic E-state index is 12.6. The lowest BCUT2D eigenvalue weighted by molar-refractivity contribution is -0.148. The zero-order valence-electron chi connectivity index (χ0n) is 21.5. The highest BCUT2D eigenvalue weighted by atomic mass is 16.6. The number of ketones is 1. The molecule has 2 N–H and O–H groups in total. The van der Waals surface area contributed by atoms with Crippen LogP contribution in [0.3, 0.4) is 0 Å². The summed E-state index contributed by atoms with van der Waals surface area (Å²) in [6.07, 6.45) is 10.5. The van der Waals surface area contributed by atoms with Gasteiger partial charge in [-0.1, -0.05) is 31.6 Å². The van der Waals surface area contributed by atoms with Gasteiger partial charge in [-0.05, 0) is 83.4 Å². The Morgan fingerprint density at radius 1 is 1.30 bits per heavy atom. The standard InChI is InChI=1S/C27H42O6/c1-19(2)17-24(30)33-23-12-15-26(6,13-9-20(3)25(4,5)32-8)14-10-21(18-28)22(29)11-16-27(23,7)31/h10-12,15-17,20,23,28,31H,9,13-14,18H2,1-8H3/b15-12+,16-11+,21-10-/t20-,23-,26+,27-/m1/s1. The maximum absolute atomic E-state index is 12.6. The van der Waals surface area contributed by atoms with Crippen LogP contribution in [0.5, 0.6) is 0 Å². The molecule has 0 aromatic carbocycles. The number of ether oxygens (including phenoxy) is 2. The summed E-state index contributed by atoms with van der Waals surface area (Å²) in [4.78, 5) is 24.9. The molecule has 0 spiro atoms. The van der Waals surface area contributed by atoms with Crippen molar-refractivity contribution in [2.75, 3.05) is 13.7 Å². The van der Waals surface area contributed by atoms with Crippen LogP contribution in [0.15, 0.2) is 47.6 Å². The molecule has 0 heterocycles. The van der Waals surface area contributed by atoms with E-state index in [1.807, 2.05) is 6.08 Å². The van der Waals surface area contributed by atoms with Crippen molar-refractivity contribution in [3.8, 4) is 0 Å². The SMILES string of the molecule is COC(C)(C)[C@H](C)CC[C@]1(C)/C=C/[C@@H](OC(=O)C=C(C)C)[C@](C)(O)/C=C/C(=O)/C(CO)=C\C1. The second kappa shape index (κ2) is 11.9. The van der Waals surface area contributed by atoms with Gasteiger partial charge in [0.25, 0.3) is 0 Å². The molecule has 0 aromatic rings. The van der Waals surface area contributed by atoms with E-state index in [-0.39, 0.29) is 22.9 Å². The predicted octanol–water partition coefficient (Wildman–Crippen LogP) is 4.47. The molecule has 0 saturated carbocycles. The molecule has 6 nitrogen and oxygen atoms in total. The van der Waals surface area contributed by atoms with Crippen LogP contribution in [0.4, 0.5) is 0 Å². The van der Waals surface area contributed by atoms with Gasteiger partial charge in [-0.3, -0.25) is 4.79 Å². The van der Waals surface area contributed by atoms with Crippen molar-refractivity contribution in [2.24, 2.45) is 11.3 Å². The van der Waals surface area contributed by atoms with Gasteiger partial charge in [0, 0.05) is 18.8 Å². The summed E-state index contributed by atoms with van der Waals surface area (Å²) in [6, 6.07) is 0. The fraction of sp³-hybridized carbons (Fsp3) is 0.630. The average molecular weight is 463 g/mol. The third-order valence-corrected chi connectivity index (χ3v) is 6.63. The Balaban J connectivity index is 3.38. The predicted molar refractivity (Wildman–Crippen MR) is 131 cm³/mol. The number of methoxy groups -OCH3 is 1. The van der Waals surface area contributed by atoms with Crippen molar-refractivity contribution in [1.82, 2.24) is 0 Å². The van der Waals surface area contributed by atoms with E-state index in [9.17, 15) is 19.8 Å². The first kappa shape index (κ1) is 29.0. The number of hydrogen-bond donors (Lipinski definition) is 2. The zero-order chi connectivity index (χ0) is 25.4. The lowest BCUT2D eigenvalue weighted by Gasteiger charge is -2.34. The minimum absolute atomic E-state index is 0.268. The summed E-state index contributed by atoms with van der Waals surface area (Å²) in [5, 5.41) is 20.8. The molecule has 0 radical (unpaired) electrons. The molecule has 4 atom stereocenters. The molecular weight excluding hydrogens is 420 g/mol. The van der Waals surface area contributed by atoms with E-state index >= 15 is 0 Å². The van der Waals surface area contributed by atoms with Gasteiger partial charge in [-0.2, -0.15) is 0 Å². The second-order valence-electron chi connectivity index (χ2n) is 10.4. The van der Waals surface area contributed by atoms with Crippen molar-refractivity contribution < 1.29 is 29.3 Å². The van der Waals surface area contributed by atoms with Crippen molar-refractivity contribution in [2.45, 2.75) is 85.0 Å². The Labute approximate surface area is 199 Å². The first-order valence-electron chi connectivity index (χ1n) is 11.5. The van der Waals surface area contributed by atoms with Crippen molar-refractivity contribution in [3.05, 3.63) is 47.6 Å². The molecule has 1 aliphatic carbocycles. The monoisotopic (exact) mass is 462 g/mol. The number of carbonyl (C=O) groups is 2. The Morgan fingerprint density at radius 3 is 2.48 bits per heavy atom. The first-order chi connectivity index (χ1) is 15.2. The molecule has 0 aliphatic heterocycles. The van der Waals surface area contributed by atoms with Crippen molar-refractivity contribution in [3.63, 3.8) is 0 Å². The highest BCUT2D eigenvalue weighted by molar-refractivity contribution is 6.04. The van der Waals surface area contributed by atoms with Crippen LogP contribution in [0.2, 0.25) is 0 Å². The number of carbonyl (C=O) groups excluding carboxylic acids is 2. The third kappa shape index (κ3) is 9.03. The van der Waals surface area contributed by atoms with Crippen LogP contribution >= 0.6 is 0 Å². The second-order valence-corrected chi connectivity index (χ2v) is 10.4. The molecule has 0 amide bonds. The fourth-order valence-electron chi connectivity index (χ4n) is 3.46. The van der Waals surface area contributed by atoms with Gasteiger partial charge in [0.2, 0.25) is 0 Å². The van der Waals surface area contributed by atoms with Crippen molar-refractivity contribution >= 4 is 11.8 Å². The minimum Gasteiger partial charge on any atom is -0.452 e. The molecule has 0 fully saturated rings. The zero-order valence-corrected chi connectivity index (χ0v) is 21.5. The van der Waals surface area contributed by atoms with Crippen LogP contribution in [-0.4, -0.2) is 53.0 Å². The van der Waals surface area contributed by atoms with Crippen LogP contribution in [0, 0.1) is 11.3 Å². The normalized spacial score (nSPS) is 30.9. The Kier molecular flexibility index (Phi) is 10.5. The number of esters is 1. The lowest BCUT2D eigenvalue weighted by Crippen LogP contribution is -2.39. The van der Waals surface area contributed by atoms with Gasteiger partial charge in [-0.15, -0.1) is 0 Å². The molecule has 1 aliphatic rings. The lowest BCUT2D eigenvalue weighted by atomic mass is 9.76. The molecular formula is C27H42O6. The van der Waals surface area contributed by atoms with Gasteiger partial charge in [0.1, 0.15) is 5.60 Å². The summed E-state index contributed by atoms with van der Waals surface area (Å²) in [7, 11) is 1.70. The number of aliphatic hydroxyl groups is 2. The van der Waals surface area contributed by atoms with Gasteiger partial charge in [0.05, 0.1) is 12.2 Å². The molecule has 6 heteroatoms. The van der Waals surface area contributed by atoms with Gasteiger partial charge in [-0.25, -0.2) is 4.79 Å². The van der Waals surface area contributed by atoms with E-state index in [4.69, 9.17) is 9.47 Å². The third-order valence-electron chi connectivity index (χ3n) is 6.63. The van der Waals surface area contributed by atoms with Crippen LogP contribution in [0.25, 0.3) is 0 Å². The molecule has 0 bridgehead atoms. The van der Waals surface area contributed by atoms with Crippen LogP contribution < -0.4 is 0 Å². The van der Waals surface area contributed by atoms with Crippen molar-refractivity contribution in [1.29, 1.82) is 0 Å². The average Bonchev–Trinajstić information content (AvgIpc) is 2.74. The molecule has 0 unspecified atom stereocenters. The Hall–Kier alpha value is -2.02. The van der Waals surface area contributed by atoms with E-state index in [1.54, 1.807) is 33.1 Å². The number of hydrogen-bond acceptors (Lipinski definition) is 6. The largest absolute Gasteiger partial charge is 0.452 e. The number of rotatable bonds is 8. The smallest absolute Gasteiger partial charge is 0.331 e. The molecule has 33 heavy (non-hydrogen) atoms. The Morgan fingerprint density at radius 2 is 1.94 bits per heavy atom. The van der Waals surface area contributed by atoms with Crippen LogP contribution in [0.1, 0.15) is 67.7 Å². The highest BCUT2D eigenvalue weighted by Crippen LogP contribution is 2.36. The summed E-state index contributed by atoms with van der Waals surface area (Å²) in [6.45, 7) is 13.0. The van der Waals surface area contributed by atoms with Crippen LogP contribution in [-0.2, 0) is 19.1 Å². The number of aliphatic hydroxyl groups excluding tert-OH is 1. The van der Waals surface area contributed by atoms with E-state index in [0.717, 1.165) is 18.4 Å². The number of allylic oxidation sites excluding steroid dienone is 4. The quantitative estimate of drug-likeness (QED) is 0.314. The highest BCUT2D eigenvalue weighted by Gasteiger charge is 2.34. The van der Waals surface area contributed by atoms with E-state index < -0.39 is 29.7 Å².